The molecule has 3 rings (SSSR count). The number of amides is 2. The van der Waals surface area contributed by atoms with Gasteiger partial charge in [-0.2, -0.15) is 12.7 Å². The Hall–Kier alpha value is -3.47. The fourth-order valence-corrected chi connectivity index (χ4v) is 5.49. The van der Waals surface area contributed by atoms with Crippen LogP contribution in [0.1, 0.15) is 30.9 Å². The molecular weight excluding hydrogens is 567 g/mol. The van der Waals surface area contributed by atoms with Gasteiger partial charge < -0.3 is 10.2 Å². The summed E-state index contributed by atoms with van der Waals surface area (Å²) < 4.78 is 42.3. The second-order valence-electron chi connectivity index (χ2n) is 9.77. The highest BCUT2D eigenvalue weighted by atomic mass is 35.5. The summed E-state index contributed by atoms with van der Waals surface area (Å²) in [5.74, 6) is -1.50. The van der Waals surface area contributed by atoms with Crippen LogP contribution in [0.25, 0.3) is 0 Å². The fraction of sp³-hybridized carbons (Fsp3) is 0.333. The number of nitrogens with zero attached hydrogens (tertiary/aromatic N) is 3. The average molecular weight is 603 g/mol. The van der Waals surface area contributed by atoms with Gasteiger partial charge >= 0.3 is 10.2 Å². The van der Waals surface area contributed by atoms with Crippen LogP contribution in [0.2, 0.25) is 5.02 Å². The molecule has 11 heteroatoms. The molecule has 0 unspecified atom stereocenters. The molecule has 0 aliphatic rings. The molecule has 0 aliphatic carbocycles. The van der Waals surface area contributed by atoms with Crippen LogP contribution in [-0.4, -0.2) is 62.7 Å². The quantitative estimate of drug-likeness (QED) is 0.272. The number of anilines is 1. The standard InChI is InChI=1S/C30H36ClFN4O4S/c1-4-5-18-33-30(38)28(20-23-10-7-6-8-11-23)35(21-24-12-9-13-25(31)19-24)29(37)22-36(41(39,40)34(2)3)27-16-14-26(32)15-17-27/h6-17,19,28H,4-5,18,20-22H2,1-3H3,(H,33,38)/t28-/m1/s1. The Morgan fingerprint density at radius 1 is 0.951 bits per heavy atom. The molecule has 220 valence electrons. The first-order valence-corrected chi connectivity index (χ1v) is 15.1. The topological polar surface area (TPSA) is 90.0 Å². The van der Waals surface area contributed by atoms with E-state index in [2.05, 4.69) is 5.32 Å². The first kappa shape index (κ1) is 32.0. The van der Waals surface area contributed by atoms with Gasteiger partial charge in [-0.3, -0.25) is 9.59 Å². The van der Waals surface area contributed by atoms with Crippen molar-refractivity contribution in [3.63, 3.8) is 0 Å². The van der Waals surface area contributed by atoms with Crippen LogP contribution in [0.3, 0.4) is 0 Å². The van der Waals surface area contributed by atoms with Crippen molar-refractivity contribution in [3.05, 3.63) is 101 Å². The molecule has 8 nitrogen and oxygen atoms in total. The molecule has 1 atom stereocenters. The number of carbonyl (C=O) groups excluding carboxylic acids is 2. The van der Waals surface area contributed by atoms with Crippen molar-refractivity contribution in [2.24, 2.45) is 0 Å². The van der Waals surface area contributed by atoms with E-state index in [1.807, 2.05) is 37.3 Å². The molecule has 0 radical (unpaired) electrons. The molecule has 0 fully saturated rings. The van der Waals surface area contributed by atoms with Gasteiger partial charge in [-0.15, -0.1) is 0 Å². The molecule has 0 aromatic heterocycles. The van der Waals surface area contributed by atoms with E-state index in [0.717, 1.165) is 39.1 Å². The second kappa shape index (κ2) is 15.0. The number of hydrogen-bond donors (Lipinski definition) is 1. The highest BCUT2D eigenvalue weighted by Crippen LogP contribution is 2.23. The van der Waals surface area contributed by atoms with Crippen LogP contribution in [0, 0.1) is 5.82 Å². The molecule has 0 saturated carbocycles. The van der Waals surface area contributed by atoms with Gasteiger partial charge in [-0.25, -0.2) is 8.70 Å². The Bertz CT molecular complexity index is 1410. The largest absolute Gasteiger partial charge is 0.354 e. The molecule has 2 amide bonds. The molecule has 0 saturated heterocycles. The number of carbonyl (C=O) groups is 2. The zero-order chi connectivity index (χ0) is 30.0. The molecule has 1 N–H and O–H groups in total. The Morgan fingerprint density at radius 3 is 2.22 bits per heavy atom. The molecular formula is C30H36ClFN4O4S. The van der Waals surface area contributed by atoms with Crippen molar-refractivity contribution in [2.45, 2.75) is 38.8 Å². The molecule has 41 heavy (non-hydrogen) atoms. The van der Waals surface area contributed by atoms with Gasteiger partial charge in [0.2, 0.25) is 11.8 Å². The van der Waals surface area contributed by atoms with E-state index in [9.17, 15) is 22.4 Å². The first-order chi connectivity index (χ1) is 19.5. The van der Waals surface area contributed by atoms with Gasteiger partial charge in [0.1, 0.15) is 18.4 Å². The lowest BCUT2D eigenvalue weighted by atomic mass is 10.0. The van der Waals surface area contributed by atoms with Gasteiger partial charge in [0.25, 0.3) is 0 Å². The lowest BCUT2D eigenvalue weighted by Crippen LogP contribution is -2.54. The second-order valence-corrected chi connectivity index (χ2v) is 12.3. The summed E-state index contributed by atoms with van der Waals surface area (Å²) in [6.45, 7) is 1.85. The van der Waals surface area contributed by atoms with Gasteiger partial charge in [0.05, 0.1) is 5.69 Å². The minimum Gasteiger partial charge on any atom is -0.354 e. The van der Waals surface area contributed by atoms with Gasteiger partial charge in [0, 0.05) is 38.6 Å². The SMILES string of the molecule is CCCCNC(=O)[C@@H](Cc1ccccc1)N(Cc1cccc(Cl)c1)C(=O)CN(c1ccc(F)cc1)S(=O)(=O)N(C)C. The summed E-state index contributed by atoms with van der Waals surface area (Å²) in [7, 11) is -1.47. The van der Waals surface area contributed by atoms with E-state index >= 15 is 0 Å². The van der Waals surface area contributed by atoms with Crippen LogP contribution in [0.15, 0.2) is 78.9 Å². The molecule has 3 aromatic rings. The van der Waals surface area contributed by atoms with E-state index in [-0.39, 0.29) is 24.6 Å². The minimum atomic E-state index is -4.16. The van der Waals surface area contributed by atoms with Crippen LogP contribution in [-0.2, 0) is 32.8 Å². The van der Waals surface area contributed by atoms with Gasteiger partial charge in [-0.1, -0.05) is 67.4 Å². The zero-order valence-electron chi connectivity index (χ0n) is 23.5. The van der Waals surface area contributed by atoms with E-state index in [1.165, 1.54) is 31.1 Å². The van der Waals surface area contributed by atoms with E-state index in [4.69, 9.17) is 11.6 Å². The van der Waals surface area contributed by atoms with E-state index < -0.39 is 34.5 Å². The Kier molecular flexibility index (Phi) is 11.7. The van der Waals surface area contributed by atoms with E-state index in [0.29, 0.717) is 17.1 Å². The van der Waals surface area contributed by atoms with Crippen molar-refractivity contribution in [2.75, 3.05) is 31.5 Å². The van der Waals surface area contributed by atoms with Crippen LogP contribution < -0.4 is 9.62 Å². The highest BCUT2D eigenvalue weighted by molar-refractivity contribution is 7.90. The van der Waals surface area contributed by atoms with Crippen LogP contribution >= 0.6 is 11.6 Å². The normalized spacial score (nSPS) is 12.1. The summed E-state index contributed by atoms with van der Waals surface area (Å²) >= 11 is 6.23. The van der Waals surface area contributed by atoms with Gasteiger partial charge in [-0.05, 0) is 53.9 Å². The third-order valence-corrected chi connectivity index (χ3v) is 8.53. The lowest BCUT2D eigenvalue weighted by molar-refractivity contribution is -0.140. The predicted molar refractivity (Wildman–Crippen MR) is 160 cm³/mol. The van der Waals surface area contributed by atoms with Crippen molar-refractivity contribution in [1.82, 2.24) is 14.5 Å². The monoisotopic (exact) mass is 602 g/mol. The summed E-state index contributed by atoms with van der Waals surface area (Å²) in [5.41, 5.74) is 1.63. The van der Waals surface area contributed by atoms with Crippen molar-refractivity contribution < 1.29 is 22.4 Å². The van der Waals surface area contributed by atoms with E-state index in [1.54, 1.807) is 24.3 Å². The molecule has 3 aromatic carbocycles. The summed E-state index contributed by atoms with van der Waals surface area (Å²) in [6.07, 6.45) is 1.86. The fourth-order valence-electron chi connectivity index (χ4n) is 4.22. The number of benzene rings is 3. The molecule has 0 spiro atoms. The van der Waals surface area contributed by atoms with Gasteiger partial charge in [0.15, 0.2) is 0 Å². The average Bonchev–Trinajstić information content (AvgIpc) is 2.94. The maximum absolute atomic E-state index is 14.1. The summed E-state index contributed by atoms with van der Waals surface area (Å²) in [4.78, 5) is 29.1. The maximum atomic E-state index is 14.1. The molecule has 0 aliphatic heterocycles. The third kappa shape index (κ3) is 9.01. The van der Waals surface area contributed by atoms with Crippen molar-refractivity contribution in [3.8, 4) is 0 Å². The number of unbranched alkanes of at least 4 members (excludes halogenated alkanes) is 1. The minimum absolute atomic E-state index is 0.0113. The third-order valence-electron chi connectivity index (χ3n) is 6.48. The smallest absolute Gasteiger partial charge is 0.304 e. The highest BCUT2D eigenvalue weighted by Gasteiger charge is 2.34. The number of rotatable bonds is 14. The molecule has 0 heterocycles. The summed E-state index contributed by atoms with van der Waals surface area (Å²) in [5, 5.41) is 3.40. The van der Waals surface area contributed by atoms with Crippen LogP contribution in [0.5, 0.6) is 0 Å². The predicted octanol–water partition coefficient (Wildman–Crippen LogP) is 4.65. The maximum Gasteiger partial charge on any atom is 0.304 e. The molecule has 0 bridgehead atoms. The van der Waals surface area contributed by atoms with Crippen molar-refractivity contribution in [1.29, 1.82) is 0 Å². The summed E-state index contributed by atoms with van der Waals surface area (Å²) in [6, 6.07) is 20.1. The van der Waals surface area contributed by atoms with Crippen LogP contribution in [0.4, 0.5) is 10.1 Å². The Labute approximate surface area is 246 Å². The van der Waals surface area contributed by atoms with Crippen molar-refractivity contribution >= 4 is 39.3 Å². The Morgan fingerprint density at radius 2 is 1.61 bits per heavy atom. The number of halogens is 2. The zero-order valence-corrected chi connectivity index (χ0v) is 25.0. The lowest BCUT2D eigenvalue weighted by Gasteiger charge is -2.34. The number of hydrogen-bond acceptors (Lipinski definition) is 4. The first-order valence-electron chi connectivity index (χ1n) is 13.3. The number of nitrogens with one attached hydrogen (secondary N) is 1. The Balaban J connectivity index is 2.07.